The van der Waals surface area contributed by atoms with Crippen LogP contribution in [0.15, 0.2) is 5.38 Å². The van der Waals surface area contributed by atoms with E-state index in [9.17, 15) is 0 Å². The van der Waals surface area contributed by atoms with Crippen molar-refractivity contribution in [1.82, 2.24) is 14.8 Å². The Kier molecular flexibility index (Phi) is 4.65. The fourth-order valence-corrected chi connectivity index (χ4v) is 4.90. The maximum Gasteiger partial charge on any atom is 0.110 e. The molecule has 2 fully saturated rings. The van der Waals surface area contributed by atoms with Crippen LogP contribution in [0.3, 0.4) is 0 Å². The molecule has 0 bridgehead atoms. The molecule has 3 nitrogen and oxygen atoms in total. The number of thiazole rings is 1. The maximum atomic E-state index is 5.86. The van der Waals surface area contributed by atoms with Crippen molar-refractivity contribution < 1.29 is 0 Å². The summed E-state index contributed by atoms with van der Waals surface area (Å²) in [6.45, 7) is 6.00. The highest BCUT2D eigenvalue weighted by Crippen LogP contribution is 2.34. The van der Waals surface area contributed by atoms with Crippen LogP contribution in [0.25, 0.3) is 0 Å². The van der Waals surface area contributed by atoms with Crippen molar-refractivity contribution in [3.8, 4) is 0 Å². The second-order valence-electron chi connectivity index (χ2n) is 6.22. The van der Waals surface area contributed by atoms with Crippen molar-refractivity contribution in [2.45, 2.75) is 44.1 Å². The van der Waals surface area contributed by atoms with E-state index in [0.29, 0.717) is 11.9 Å². The molecule has 3 heterocycles. The molecule has 0 amide bonds. The minimum Gasteiger partial charge on any atom is -0.303 e. The average molecular weight is 314 g/mol. The summed E-state index contributed by atoms with van der Waals surface area (Å²) in [5.41, 5.74) is 1.02. The van der Waals surface area contributed by atoms with Crippen molar-refractivity contribution in [3.05, 3.63) is 16.1 Å². The van der Waals surface area contributed by atoms with E-state index >= 15 is 0 Å². The predicted octanol–water partition coefficient (Wildman–Crippen LogP) is 3.36. The molecule has 0 aliphatic carbocycles. The van der Waals surface area contributed by atoms with Crippen LogP contribution in [0.5, 0.6) is 0 Å². The van der Waals surface area contributed by atoms with Gasteiger partial charge in [-0.05, 0) is 45.7 Å². The summed E-state index contributed by atoms with van der Waals surface area (Å²) in [5.74, 6) is 1.37. The number of hydrogen-bond acceptors (Lipinski definition) is 4. The normalized spacial score (nSPS) is 30.1. The van der Waals surface area contributed by atoms with Crippen LogP contribution >= 0.6 is 22.9 Å². The Balaban J connectivity index is 1.66. The number of halogens is 1. The quantitative estimate of drug-likeness (QED) is 0.798. The van der Waals surface area contributed by atoms with Crippen LogP contribution in [0.4, 0.5) is 0 Å². The number of piperidine rings is 2. The van der Waals surface area contributed by atoms with Crippen LogP contribution in [-0.2, 0) is 5.88 Å². The van der Waals surface area contributed by atoms with Gasteiger partial charge in [0.15, 0.2) is 0 Å². The van der Waals surface area contributed by atoms with E-state index in [0.717, 1.165) is 17.7 Å². The molecule has 0 saturated carbocycles. The van der Waals surface area contributed by atoms with E-state index in [2.05, 4.69) is 34.1 Å². The van der Waals surface area contributed by atoms with Crippen LogP contribution in [0.2, 0.25) is 0 Å². The zero-order valence-corrected chi connectivity index (χ0v) is 14.0. The number of fused-ring (bicyclic) bond motifs is 1. The van der Waals surface area contributed by atoms with Gasteiger partial charge in [-0.3, -0.25) is 4.90 Å². The molecule has 3 atom stereocenters. The lowest BCUT2D eigenvalue weighted by Gasteiger charge is -2.47. The molecule has 0 N–H and O–H groups in total. The van der Waals surface area contributed by atoms with Crippen LogP contribution in [-0.4, -0.2) is 47.5 Å². The number of hydrogen-bond donors (Lipinski definition) is 0. The standard InChI is InChI=1S/C15H24ClN3S/c1-11(15-17-13(8-16)10-20-15)19-7-5-14-12(9-19)4-3-6-18(14)2/h10-12,14H,3-9H2,1-2H3. The van der Waals surface area contributed by atoms with Crippen LogP contribution < -0.4 is 0 Å². The Morgan fingerprint density at radius 1 is 1.45 bits per heavy atom. The Hall–Kier alpha value is -0.160. The lowest BCUT2D eigenvalue weighted by atomic mass is 9.84. The first kappa shape index (κ1) is 14.8. The highest BCUT2D eigenvalue weighted by atomic mass is 35.5. The topological polar surface area (TPSA) is 19.4 Å². The Labute approximate surface area is 130 Å². The third kappa shape index (κ3) is 2.89. The molecule has 0 aromatic carbocycles. The second-order valence-corrected chi connectivity index (χ2v) is 7.38. The molecule has 2 aliphatic rings. The van der Waals surface area contributed by atoms with Crippen molar-refractivity contribution in [1.29, 1.82) is 0 Å². The molecular weight excluding hydrogens is 290 g/mol. The Bertz CT molecular complexity index is 450. The molecule has 3 rings (SSSR count). The molecule has 3 unspecified atom stereocenters. The SMILES string of the molecule is CC(c1nc(CCl)cs1)N1CCC2C(CCCN2C)C1. The molecule has 1 aromatic heterocycles. The smallest absolute Gasteiger partial charge is 0.110 e. The number of rotatable bonds is 3. The average Bonchev–Trinajstić information content (AvgIpc) is 2.95. The zero-order valence-electron chi connectivity index (χ0n) is 12.4. The fraction of sp³-hybridized carbons (Fsp3) is 0.800. The first-order valence-electron chi connectivity index (χ1n) is 7.63. The number of likely N-dealkylation sites (tertiary alicyclic amines) is 2. The Morgan fingerprint density at radius 3 is 3.05 bits per heavy atom. The molecule has 20 heavy (non-hydrogen) atoms. The van der Waals surface area contributed by atoms with E-state index in [1.807, 2.05) is 0 Å². The molecule has 2 aliphatic heterocycles. The fourth-order valence-electron chi connectivity index (χ4n) is 3.76. The van der Waals surface area contributed by atoms with Gasteiger partial charge in [-0.2, -0.15) is 0 Å². The first-order chi connectivity index (χ1) is 9.69. The first-order valence-corrected chi connectivity index (χ1v) is 9.05. The monoisotopic (exact) mass is 313 g/mol. The van der Waals surface area contributed by atoms with Gasteiger partial charge in [-0.1, -0.05) is 0 Å². The van der Waals surface area contributed by atoms with E-state index in [4.69, 9.17) is 11.6 Å². The van der Waals surface area contributed by atoms with Gasteiger partial charge in [0.2, 0.25) is 0 Å². The summed E-state index contributed by atoms with van der Waals surface area (Å²) in [7, 11) is 2.30. The van der Waals surface area contributed by atoms with Gasteiger partial charge in [0.05, 0.1) is 17.6 Å². The molecule has 2 saturated heterocycles. The zero-order chi connectivity index (χ0) is 14.1. The van der Waals surface area contributed by atoms with E-state index in [1.165, 1.54) is 43.9 Å². The van der Waals surface area contributed by atoms with E-state index in [-0.39, 0.29) is 0 Å². The van der Waals surface area contributed by atoms with Crippen molar-refractivity contribution in [2.75, 3.05) is 26.7 Å². The van der Waals surface area contributed by atoms with Gasteiger partial charge in [0.25, 0.3) is 0 Å². The van der Waals surface area contributed by atoms with Gasteiger partial charge in [0, 0.05) is 24.5 Å². The van der Waals surface area contributed by atoms with Crippen molar-refractivity contribution in [3.63, 3.8) is 0 Å². The van der Waals surface area contributed by atoms with Crippen molar-refractivity contribution >= 4 is 22.9 Å². The van der Waals surface area contributed by atoms with E-state index in [1.54, 1.807) is 11.3 Å². The van der Waals surface area contributed by atoms with Crippen LogP contribution in [0, 0.1) is 5.92 Å². The predicted molar refractivity (Wildman–Crippen MR) is 85.4 cm³/mol. The van der Waals surface area contributed by atoms with Gasteiger partial charge in [-0.15, -0.1) is 22.9 Å². The summed E-state index contributed by atoms with van der Waals surface area (Å²) in [5, 5.41) is 3.32. The molecule has 1 aromatic rings. The summed E-state index contributed by atoms with van der Waals surface area (Å²) in [6, 6.07) is 1.24. The minimum atomic E-state index is 0.435. The summed E-state index contributed by atoms with van der Waals surface area (Å²) in [4.78, 5) is 9.85. The minimum absolute atomic E-state index is 0.435. The lowest BCUT2D eigenvalue weighted by Crippen LogP contribution is -2.53. The summed E-state index contributed by atoms with van der Waals surface area (Å²) >= 11 is 7.62. The molecule has 112 valence electrons. The Morgan fingerprint density at radius 2 is 2.30 bits per heavy atom. The summed E-state index contributed by atoms with van der Waals surface area (Å²) in [6.07, 6.45) is 4.05. The van der Waals surface area contributed by atoms with Crippen molar-refractivity contribution in [2.24, 2.45) is 5.92 Å². The molecular formula is C15H24ClN3S. The van der Waals surface area contributed by atoms with E-state index < -0.39 is 0 Å². The third-order valence-corrected chi connectivity index (χ3v) is 6.33. The second kappa shape index (κ2) is 6.30. The van der Waals surface area contributed by atoms with Gasteiger partial charge in [-0.25, -0.2) is 4.98 Å². The van der Waals surface area contributed by atoms with Gasteiger partial charge in [0.1, 0.15) is 5.01 Å². The maximum absolute atomic E-state index is 5.86. The molecule has 0 radical (unpaired) electrons. The highest BCUT2D eigenvalue weighted by Gasteiger charge is 2.36. The number of aromatic nitrogens is 1. The molecule has 5 heteroatoms. The van der Waals surface area contributed by atoms with Crippen LogP contribution in [0.1, 0.15) is 42.9 Å². The lowest BCUT2D eigenvalue weighted by molar-refractivity contribution is 0.0229. The number of nitrogens with zero attached hydrogens (tertiary/aromatic N) is 3. The third-order valence-electron chi connectivity index (χ3n) is 4.99. The highest BCUT2D eigenvalue weighted by molar-refractivity contribution is 7.09. The molecule has 0 spiro atoms. The van der Waals surface area contributed by atoms with Gasteiger partial charge >= 0.3 is 0 Å². The van der Waals surface area contributed by atoms with Gasteiger partial charge < -0.3 is 4.90 Å². The number of alkyl halides is 1. The largest absolute Gasteiger partial charge is 0.303 e. The summed E-state index contributed by atoms with van der Waals surface area (Å²) < 4.78 is 0.